The third-order valence-electron chi connectivity index (χ3n) is 3.79. The van der Waals surface area contributed by atoms with Gasteiger partial charge in [0.25, 0.3) is 5.91 Å². The molecule has 4 N–H and O–H groups in total. The number of carbonyl (C=O) groups is 2. The molecule has 0 saturated carbocycles. The Hall–Kier alpha value is -2.08. The molecule has 6 nitrogen and oxygen atoms in total. The predicted octanol–water partition coefficient (Wildman–Crippen LogP) is 0.248. The number of hydrogen-bond donors (Lipinski definition) is 2. The van der Waals surface area contributed by atoms with Crippen LogP contribution in [-0.2, 0) is 16.1 Å². The first-order valence-corrected chi connectivity index (χ1v) is 7.09. The number of nitrogens with zero attached hydrogens (tertiary/aromatic N) is 1. The fourth-order valence-corrected chi connectivity index (χ4v) is 2.46. The van der Waals surface area contributed by atoms with Gasteiger partial charge in [-0.1, -0.05) is 18.2 Å². The Kier molecular flexibility index (Phi) is 5.16. The first kappa shape index (κ1) is 15.3. The SMILES string of the molecule is NCc1ccccc1OCC(=O)N1CCC(C(N)=O)CC1. The number of ether oxygens (including phenoxy) is 1. The summed E-state index contributed by atoms with van der Waals surface area (Å²) in [6.45, 7) is 1.45. The van der Waals surface area contributed by atoms with Crippen molar-refractivity contribution in [1.29, 1.82) is 0 Å². The molecule has 0 spiro atoms. The van der Waals surface area contributed by atoms with Crippen LogP contribution in [0.15, 0.2) is 24.3 Å². The van der Waals surface area contributed by atoms with Crippen LogP contribution in [0.1, 0.15) is 18.4 Å². The molecule has 0 aromatic heterocycles. The fraction of sp³-hybridized carbons (Fsp3) is 0.467. The lowest BCUT2D eigenvalue weighted by Gasteiger charge is -2.30. The van der Waals surface area contributed by atoms with E-state index in [0.717, 1.165) is 5.56 Å². The average molecular weight is 291 g/mol. The van der Waals surface area contributed by atoms with Crippen molar-refractivity contribution in [1.82, 2.24) is 4.90 Å². The summed E-state index contributed by atoms with van der Waals surface area (Å²) in [4.78, 5) is 24.9. The molecule has 0 atom stereocenters. The van der Waals surface area contributed by atoms with Gasteiger partial charge in [0.1, 0.15) is 5.75 Å². The zero-order valence-electron chi connectivity index (χ0n) is 12.0. The van der Waals surface area contributed by atoms with Crippen molar-refractivity contribution in [2.24, 2.45) is 17.4 Å². The Morgan fingerprint density at radius 1 is 1.24 bits per heavy atom. The largest absolute Gasteiger partial charge is 0.483 e. The summed E-state index contributed by atoms with van der Waals surface area (Å²) in [5, 5.41) is 0. The van der Waals surface area contributed by atoms with Crippen LogP contribution in [-0.4, -0.2) is 36.4 Å². The summed E-state index contributed by atoms with van der Waals surface area (Å²) < 4.78 is 5.55. The smallest absolute Gasteiger partial charge is 0.260 e. The van der Waals surface area contributed by atoms with E-state index < -0.39 is 0 Å². The van der Waals surface area contributed by atoms with Crippen LogP contribution in [0.3, 0.4) is 0 Å². The highest BCUT2D eigenvalue weighted by atomic mass is 16.5. The summed E-state index contributed by atoms with van der Waals surface area (Å²) >= 11 is 0. The minimum absolute atomic E-state index is 0.0156. The van der Waals surface area contributed by atoms with E-state index in [1.54, 1.807) is 11.0 Å². The Labute approximate surface area is 124 Å². The Balaban J connectivity index is 1.84. The molecule has 0 unspecified atom stereocenters. The van der Waals surface area contributed by atoms with Crippen molar-refractivity contribution in [2.45, 2.75) is 19.4 Å². The summed E-state index contributed by atoms with van der Waals surface area (Å²) in [7, 11) is 0. The Morgan fingerprint density at radius 2 is 1.90 bits per heavy atom. The van der Waals surface area contributed by atoms with Gasteiger partial charge >= 0.3 is 0 Å². The fourth-order valence-electron chi connectivity index (χ4n) is 2.46. The second kappa shape index (κ2) is 7.08. The zero-order chi connectivity index (χ0) is 15.2. The van der Waals surface area contributed by atoms with Gasteiger partial charge in [-0.25, -0.2) is 0 Å². The number of nitrogens with two attached hydrogens (primary N) is 2. The van der Waals surface area contributed by atoms with Crippen molar-refractivity contribution in [3.8, 4) is 5.75 Å². The molecule has 1 aromatic carbocycles. The number of hydrogen-bond acceptors (Lipinski definition) is 4. The molecule has 0 aliphatic carbocycles. The third kappa shape index (κ3) is 3.95. The normalized spacial score (nSPS) is 15.8. The maximum absolute atomic E-state index is 12.1. The van der Waals surface area contributed by atoms with E-state index >= 15 is 0 Å². The molecule has 1 aliphatic rings. The topological polar surface area (TPSA) is 98.7 Å². The lowest BCUT2D eigenvalue weighted by Crippen LogP contribution is -2.43. The maximum Gasteiger partial charge on any atom is 0.260 e. The predicted molar refractivity (Wildman–Crippen MR) is 78.3 cm³/mol. The summed E-state index contributed by atoms with van der Waals surface area (Å²) in [5.41, 5.74) is 11.8. The number of piperidine rings is 1. The van der Waals surface area contributed by atoms with Gasteiger partial charge < -0.3 is 21.1 Å². The highest BCUT2D eigenvalue weighted by Crippen LogP contribution is 2.19. The van der Waals surface area contributed by atoms with Crippen LogP contribution in [0.25, 0.3) is 0 Å². The molecule has 1 heterocycles. The van der Waals surface area contributed by atoms with E-state index in [1.165, 1.54) is 0 Å². The highest BCUT2D eigenvalue weighted by Gasteiger charge is 2.25. The quantitative estimate of drug-likeness (QED) is 0.812. The summed E-state index contributed by atoms with van der Waals surface area (Å²) in [5.74, 6) is 0.160. The summed E-state index contributed by atoms with van der Waals surface area (Å²) in [6, 6.07) is 7.40. The molecule has 2 amide bonds. The number of benzene rings is 1. The average Bonchev–Trinajstić information content (AvgIpc) is 2.52. The minimum Gasteiger partial charge on any atom is -0.483 e. The van der Waals surface area contributed by atoms with E-state index in [0.29, 0.717) is 38.2 Å². The van der Waals surface area contributed by atoms with Gasteiger partial charge in [-0.05, 0) is 18.9 Å². The molecule has 0 radical (unpaired) electrons. The molecule has 114 valence electrons. The standard InChI is InChI=1S/C15H21N3O3/c16-9-12-3-1-2-4-13(12)21-10-14(19)18-7-5-11(6-8-18)15(17)20/h1-4,11H,5-10,16H2,(H2,17,20). The van der Waals surface area contributed by atoms with Gasteiger partial charge in [0.05, 0.1) is 0 Å². The van der Waals surface area contributed by atoms with Crippen molar-refractivity contribution in [2.75, 3.05) is 19.7 Å². The van der Waals surface area contributed by atoms with E-state index in [9.17, 15) is 9.59 Å². The number of likely N-dealkylation sites (tertiary alicyclic amines) is 1. The molecule has 1 aromatic rings. The molecule has 0 bridgehead atoms. The van der Waals surface area contributed by atoms with Crippen LogP contribution in [0.4, 0.5) is 0 Å². The first-order valence-electron chi connectivity index (χ1n) is 7.09. The minimum atomic E-state index is -0.282. The molecule has 2 rings (SSSR count). The number of carbonyl (C=O) groups excluding carboxylic acids is 2. The number of rotatable bonds is 5. The van der Waals surface area contributed by atoms with Crippen molar-refractivity contribution in [3.05, 3.63) is 29.8 Å². The van der Waals surface area contributed by atoms with Gasteiger partial charge in [-0.2, -0.15) is 0 Å². The molecular weight excluding hydrogens is 270 g/mol. The highest BCUT2D eigenvalue weighted by molar-refractivity contribution is 5.79. The zero-order valence-corrected chi connectivity index (χ0v) is 12.0. The maximum atomic E-state index is 12.1. The molecule has 1 aliphatic heterocycles. The molecular formula is C15H21N3O3. The monoisotopic (exact) mass is 291 g/mol. The number of primary amides is 1. The van der Waals surface area contributed by atoms with Gasteiger partial charge in [0.15, 0.2) is 6.61 Å². The van der Waals surface area contributed by atoms with Gasteiger partial charge in [0.2, 0.25) is 5.91 Å². The third-order valence-corrected chi connectivity index (χ3v) is 3.79. The van der Waals surface area contributed by atoms with Crippen molar-refractivity contribution >= 4 is 11.8 Å². The summed E-state index contributed by atoms with van der Waals surface area (Å²) in [6.07, 6.45) is 1.25. The lowest BCUT2D eigenvalue weighted by atomic mass is 9.96. The van der Waals surface area contributed by atoms with Crippen LogP contribution in [0.5, 0.6) is 5.75 Å². The van der Waals surface area contributed by atoms with Crippen LogP contribution >= 0.6 is 0 Å². The van der Waals surface area contributed by atoms with Gasteiger partial charge in [-0.15, -0.1) is 0 Å². The molecule has 21 heavy (non-hydrogen) atoms. The molecule has 1 fully saturated rings. The second-order valence-electron chi connectivity index (χ2n) is 5.16. The lowest BCUT2D eigenvalue weighted by molar-refractivity contribution is -0.136. The van der Waals surface area contributed by atoms with Crippen molar-refractivity contribution < 1.29 is 14.3 Å². The molecule has 6 heteroatoms. The number of para-hydroxylation sites is 1. The van der Waals surface area contributed by atoms with E-state index in [1.807, 2.05) is 18.2 Å². The Bertz CT molecular complexity index is 511. The van der Waals surface area contributed by atoms with Crippen LogP contribution in [0, 0.1) is 5.92 Å². The second-order valence-corrected chi connectivity index (χ2v) is 5.16. The van der Waals surface area contributed by atoms with Crippen LogP contribution < -0.4 is 16.2 Å². The van der Waals surface area contributed by atoms with E-state index in [-0.39, 0.29) is 24.3 Å². The van der Waals surface area contributed by atoms with E-state index in [2.05, 4.69) is 0 Å². The van der Waals surface area contributed by atoms with Gasteiger partial charge in [0, 0.05) is 31.1 Å². The Morgan fingerprint density at radius 3 is 2.52 bits per heavy atom. The van der Waals surface area contributed by atoms with Crippen LogP contribution in [0.2, 0.25) is 0 Å². The van der Waals surface area contributed by atoms with E-state index in [4.69, 9.17) is 16.2 Å². The van der Waals surface area contributed by atoms with Gasteiger partial charge in [-0.3, -0.25) is 9.59 Å². The number of amides is 2. The van der Waals surface area contributed by atoms with Crippen molar-refractivity contribution in [3.63, 3.8) is 0 Å². The first-order chi connectivity index (χ1) is 10.1. The molecule has 1 saturated heterocycles.